The number of nitrogens with one attached hydrogen (secondary N) is 3. The fourth-order valence-corrected chi connectivity index (χ4v) is 2.29. The summed E-state index contributed by atoms with van der Waals surface area (Å²) in [7, 11) is 1.60. The molecule has 27 heavy (non-hydrogen) atoms. The van der Waals surface area contributed by atoms with Crippen molar-refractivity contribution >= 4 is 30.7 Å². The SMILES string of the molecule is CCNCCCNCc1ccc(OCC(=O)NC(C)(C)C)c(OC)c1.Cl.Cl. The van der Waals surface area contributed by atoms with Crippen molar-refractivity contribution in [2.75, 3.05) is 33.4 Å². The third-order valence-corrected chi connectivity index (χ3v) is 3.39. The third kappa shape index (κ3) is 12.7. The highest BCUT2D eigenvalue weighted by atomic mass is 35.5. The number of benzene rings is 1. The Morgan fingerprint density at radius 3 is 2.33 bits per heavy atom. The summed E-state index contributed by atoms with van der Waals surface area (Å²) in [6, 6.07) is 5.77. The van der Waals surface area contributed by atoms with Crippen molar-refractivity contribution in [3.05, 3.63) is 23.8 Å². The number of rotatable bonds is 11. The van der Waals surface area contributed by atoms with Crippen LogP contribution in [0.25, 0.3) is 0 Å². The molecule has 0 fully saturated rings. The molecule has 158 valence electrons. The maximum absolute atomic E-state index is 11.9. The minimum Gasteiger partial charge on any atom is -0.493 e. The lowest BCUT2D eigenvalue weighted by atomic mass is 10.1. The molecule has 0 aliphatic carbocycles. The minimum atomic E-state index is -0.271. The van der Waals surface area contributed by atoms with Gasteiger partial charge in [-0.25, -0.2) is 0 Å². The van der Waals surface area contributed by atoms with E-state index in [4.69, 9.17) is 9.47 Å². The van der Waals surface area contributed by atoms with Crippen LogP contribution < -0.4 is 25.4 Å². The van der Waals surface area contributed by atoms with Gasteiger partial charge in [0.15, 0.2) is 18.1 Å². The van der Waals surface area contributed by atoms with Gasteiger partial charge in [-0.05, 0) is 64.5 Å². The van der Waals surface area contributed by atoms with Gasteiger partial charge in [0.25, 0.3) is 5.91 Å². The second kappa shape index (κ2) is 14.8. The Morgan fingerprint density at radius 1 is 1.07 bits per heavy atom. The Morgan fingerprint density at radius 2 is 1.74 bits per heavy atom. The Bertz CT molecular complexity index is 537. The van der Waals surface area contributed by atoms with Crippen LogP contribution in [0, 0.1) is 0 Å². The van der Waals surface area contributed by atoms with Gasteiger partial charge in [0.1, 0.15) is 0 Å². The largest absolute Gasteiger partial charge is 0.493 e. The zero-order chi connectivity index (χ0) is 18.7. The zero-order valence-electron chi connectivity index (χ0n) is 17.0. The van der Waals surface area contributed by atoms with Gasteiger partial charge in [0.2, 0.25) is 0 Å². The molecular formula is C19H35Cl2N3O3. The molecule has 0 heterocycles. The molecular weight excluding hydrogens is 389 g/mol. The molecule has 8 heteroatoms. The second-order valence-electron chi connectivity index (χ2n) is 6.96. The van der Waals surface area contributed by atoms with Gasteiger partial charge in [-0.3, -0.25) is 4.79 Å². The van der Waals surface area contributed by atoms with Crippen molar-refractivity contribution < 1.29 is 14.3 Å². The van der Waals surface area contributed by atoms with Crippen LogP contribution in [-0.2, 0) is 11.3 Å². The number of carbonyl (C=O) groups is 1. The Balaban J connectivity index is 0. The first-order chi connectivity index (χ1) is 11.9. The summed E-state index contributed by atoms with van der Waals surface area (Å²) in [5, 5.41) is 9.57. The van der Waals surface area contributed by atoms with Crippen LogP contribution in [0.1, 0.15) is 39.7 Å². The molecule has 0 saturated heterocycles. The van der Waals surface area contributed by atoms with Gasteiger partial charge in [-0.1, -0.05) is 13.0 Å². The lowest BCUT2D eigenvalue weighted by molar-refractivity contribution is -0.124. The van der Waals surface area contributed by atoms with Crippen molar-refractivity contribution in [3.8, 4) is 11.5 Å². The van der Waals surface area contributed by atoms with E-state index in [0.717, 1.165) is 38.2 Å². The van der Waals surface area contributed by atoms with Crippen LogP contribution in [0.5, 0.6) is 11.5 Å². The summed E-state index contributed by atoms with van der Waals surface area (Å²) in [5.41, 5.74) is 0.846. The monoisotopic (exact) mass is 423 g/mol. The molecule has 0 aliphatic rings. The number of ether oxygens (including phenoxy) is 2. The highest BCUT2D eigenvalue weighted by Gasteiger charge is 2.15. The van der Waals surface area contributed by atoms with Gasteiger partial charge in [-0.2, -0.15) is 0 Å². The number of hydrogen-bond donors (Lipinski definition) is 3. The Kier molecular flexibility index (Phi) is 15.3. The van der Waals surface area contributed by atoms with Gasteiger partial charge >= 0.3 is 0 Å². The zero-order valence-corrected chi connectivity index (χ0v) is 18.6. The van der Waals surface area contributed by atoms with Crippen LogP contribution in [0.4, 0.5) is 0 Å². The van der Waals surface area contributed by atoms with Crippen LogP contribution in [0.3, 0.4) is 0 Å². The van der Waals surface area contributed by atoms with Crippen molar-refractivity contribution in [3.63, 3.8) is 0 Å². The molecule has 0 spiro atoms. The van der Waals surface area contributed by atoms with Crippen LogP contribution in [-0.4, -0.2) is 44.8 Å². The number of methoxy groups -OCH3 is 1. The highest BCUT2D eigenvalue weighted by Crippen LogP contribution is 2.28. The van der Waals surface area contributed by atoms with E-state index >= 15 is 0 Å². The standard InChI is InChI=1S/C19H33N3O3.2ClH/c1-6-20-10-7-11-21-13-15-8-9-16(17(12-15)24-5)25-14-18(23)22-19(2,3)4;;/h8-9,12,20-21H,6-7,10-11,13-14H2,1-5H3,(H,22,23);2*1H. The van der Waals surface area contributed by atoms with Crippen molar-refractivity contribution in [2.24, 2.45) is 0 Å². The molecule has 6 nitrogen and oxygen atoms in total. The summed E-state index contributed by atoms with van der Waals surface area (Å²) >= 11 is 0. The maximum Gasteiger partial charge on any atom is 0.258 e. The second-order valence-corrected chi connectivity index (χ2v) is 6.96. The topological polar surface area (TPSA) is 71.6 Å². The first-order valence-corrected chi connectivity index (χ1v) is 8.88. The molecule has 0 unspecified atom stereocenters. The summed E-state index contributed by atoms with van der Waals surface area (Å²) in [4.78, 5) is 11.9. The third-order valence-electron chi connectivity index (χ3n) is 3.39. The molecule has 0 radical (unpaired) electrons. The number of amides is 1. The first kappa shape index (κ1) is 28.0. The van der Waals surface area contributed by atoms with Crippen molar-refractivity contribution in [1.82, 2.24) is 16.0 Å². The average molecular weight is 424 g/mol. The van der Waals surface area contributed by atoms with Gasteiger partial charge in [0.05, 0.1) is 7.11 Å². The highest BCUT2D eigenvalue weighted by molar-refractivity contribution is 5.85. The average Bonchev–Trinajstić information content (AvgIpc) is 2.55. The smallest absolute Gasteiger partial charge is 0.258 e. The van der Waals surface area contributed by atoms with E-state index in [2.05, 4.69) is 22.9 Å². The van der Waals surface area contributed by atoms with E-state index in [9.17, 15) is 4.79 Å². The van der Waals surface area contributed by atoms with Crippen LogP contribution in [0.2, 0.25) is 0 Å². The maximum atomic E-state index is 11.9. The molecule has 0 bridgehead atoms. The minimum absolute atomic E-state index is 0. The van der Waals surface area contributed by atoms with Gasteiger partial charge < -0.3 is 25.4 Å². The van der Waals surface area contributed by atoms with Crippen LogP contribution in [0.15, 0.2) is 18.2 Å². The van der Waals surface area contributed by atoms with Gasteiger partial charge in [-0.15, -0.1) is 24.8 Å². The molecule has 1 amide bonds. The lowest BCUT2D eigenvalue weighted by Gasteiger charge is -2.20. The molecule has 1 rings (SSSR count). The predicted molar refractivity (Wildman–Crippen MR) is 116 cm³/mol. The Labute approximate surface area is 176 Å². The van der Waals surface area contributed by atoms with E-state index in [1.165, 1.54) is 0 Å². The Hall–Kier alpha value is -1.21. The number of halogens is 2. The predicted octanol–water partition coefficient (Wildman–Crippen LogP) is 2.92. The molecule has 0 atom stereocenters. The number of carbonyl (C=O) groups excluding carboxylic acids is 1. The van der Waals surface area contributed by atoms with E-state index < -0.39 is 0 Å². The summed E-state index contributed by atoms with van der Waals surface area (Å²) in [6.45, 7) is 11.6. The fourth-order valence-electron chi connectivity index (χ4n) is 2.29. The molecule has 3 N–H and O–H groups in total. The normalized spacial score (nSPS) is 10.4. The molecule has 1 aromatic rings. The summed E-state index contributed by atoms with van der Waals surface area (Å²) in [6.07, 6.45) is 1.09. The van der Waals surface area contributed by atoms with E-state index in [1.54, 1.807) is 7.11 Å². The lowest BCUT2D eigenvalue weighted by Crippen LogP contribution is -2.43. The van der Waals surface area contributed by atoms with Gasteiger partial charge in [0, 0.05) is 12.1 Å². The van der Waals surface area contributed by atoms with Crippen LogP contribution >= 0.6 is 24.8 Å². The van der Waals surface area contributed by atoms with Crippen molar-refractivity contribution in [1.29, 1.82) is 0 Å². The molecule has 1 aromatic carbocycles. The molecule has 0 aromatic heterocycles. The molecule has 0 saturated carbocycles. The van der Waals surface area contributed by atoms with E-state index in [1.807, 2.05) is 39.0 Å². The van der Waals surface area contributed by atoms with E-state index in [0.29, 0.717) is 11.5 Å². The van der Waals surface area contributed by atoms with E-state index in [-0.39, 0.29) is 42.9 Å². The molecule has 0 aliphatic heterocycles. The summed E-state index contributed by atoms with van der Waals surface area (Å²) < 4.78 is 11.0. The van der Waals surface area contributed by atoms with Crippen molar-refractivity contribution in [2.45, 2.75) is 46.2 Å². The first-order valence-electron chi connectivity index (χ1n) is 8.88. The number of hydrogen-bond acceptors (Lipinski definition) is 5. The fraction of sp³-hybridized carbons (Fsp3) is 0.632. The summed E-state index contributed by atoms with van der Waals surface area (Å²) in [5.74, 6) is 1.05. The quantitative estimate of drug-likeness (QED) is 0.477.